The van der Waals surface area contributed by atoms with Crippen molar-refractivity contribution in [2.24, 2.45) is 5.14 Å². The van der Waals surface area contributed by atoms with Crippen LogP contribution in [0.2, 0.25) is 0 Å². The smallest absolute Gasteiger partial charge is 0.258 e. The highest BCUT2D eigenvalue weighted by atomic mass is 32.2. The number of nitrogens with two attached hydrogens (primary N) is 1. The van der Waals surface area contributed by atoms with E-state index in [4.69, 9.17) is 5.14 Å². The lowest BCUT2D eigenvalue weighted by atomic mass is 10.1. The Bertz CT molecular complexity index is 1050. The highest BCUT2D eigenvalue weighted by molar-refractivity contribution is 7.99. The van der Waals surface area contributed by atoms with Crippen molar-refractivity contribution in [2.75, 3.05) is 0 Å². The van der Waals surface area contributed by atoms with Crippen molar-refractivity contribution in [3.63, 3.8) is 0 Å². The van der Waals surface area contributed by atoms with Crippen molar-refractivity contribution < 1.29 is 13.3 Å². The van der Waals surface area contributed by atoms with Gasteiger partial charge in [0.2, 0.25) is 10.0 Å². The van der Waals surface area contributed by atoms with Crippen molar-refractivity contribution in [3.05, 3.63) is 70.8 Å². The van der Waals surface area contributed by atoms with Gasteiger partial charge in [0.15, 0.2) is 0 Å². The van der Waals surface area contributed by atoms with Crippen LogP contribution in [0.4, 0.5) is 5.69 Å². The van der Waals surface area contributed by atoms with Crippen molar-refractivity contribution in [1.29, 1.82) is 0 Å². The fraction of sp³-hybridized carbons (Fsp3) is 0. The Hall–Kier alpha value is -2.42. The summed E-state index contributed by atoms with van der Waals surface area (Å²) in [6.45, 7) is 0. The molecule has 3 aromatic carbocycles. The summed E-state index contributed by atoms with van der Waals surface area (Å²) in [7, 11) is -3.99. The van der Waals surface area contributed by atoms with Crippen LogP contribution in [-0.4, -0.2) is 13.3 Å². The van der Waals surface area contributed by atoms with Crippen LogP contribution in [0.1, 0.15) is 0 Å². The zero-order valence-corrected chi connectivity index (χ0v) is 13.9. The molecule has 122 valence electrons. The van der Waals surface area contributed by atoms with E-state index in [1.807, 2.05) is 42.5 Å². The van der Waals surface area contributed by atoms with Crippen LogP contribution >= 0.6 is 11.8 Å². The molecule has 0 aliphatic heterocycles. The van der Waals surface area contributed by atoms with E-state index >= 15 is 0 Å². The molecule has 0 fully saturated rings. The van der Waals surface area contributed by atoms with Gasteiger partial charge in [-0.2, -0.15) is 0 Å². The third kappa shape index (κ3) is 3.40. The Labute approximate surface area is 142 Å². The molecule has 0 amide bonds. The topological polar surface area (TPSA) is 103 Å². The van der Waals surface area contributed by atoms with Crippen LogP contribution in [0.5, 0.6) is 0 Å². The maximum Gasteiger partial charge on any atom is 0.284 e. The Kier molecular flexibility index (Phi) is 4.27. The fourth-order valence-corrected chi connectivity index (χ4v) is 3.74. The first kappa shape index (κ1) is 16.4. The van der Waals surface area contributed by atoms with Crippen LogP contribution in [0, 0.1) is 10.1 Å². The molecule has 2 N–H and O–H groups in total. The van der Waals surface area contributed by atoms with Crippen LogP contribution in [0.15, 0.2) is 75.4 Å². The molecule has 6 nitrogen and oxygen atoms in total. The first-order valence-electron chi connectivity index (χ1n) is 6.82. The summed E-state index contributed by atoms with van der Waals surface area (Å²) in [5, 5.41) is 18.4. The van der Waals surface area contributed by atoms with Crippen molar-refractivity contribution >= 4 is 38.2 Å². The molecule has 0 saturated heterocycles. The van der Waals surface area contributed by atoms with Gasteiger partial charge >= 0.3 is 0 Å². The third-order valence-corrected chi connectivity index (χ3v) is 5.37. The van der Waals surface area contributed by atoms with Crippen LogP contribution in [-0.2, 0) is 10.0 Å². The zero-order valence-electron chi connectivity index (χ0n) is 12.2. The molecule has 0 aliphatic rings. The second-order valence-corrected chi connectivity index (χ2v) is 7.72. The van der Waals surface area contributed by atoms with E-state index in [9.17, 15) is 18.5 Å². The standard InChI is InChI=1S/C16H12N2O4S2/c17-24(21,22)14-7-8-16(15(10-14)18(19)20)23-13-6-5-11-3-1-2-4-12(11)9-13/h1-10H,(H2,17,21,22). The third-order valence-electron chi connectivity index (χ3n) is 3.40. The monoisotopic (exact) mass is 360 g/mol. The lowest BCUT2D eigenvalue weighted by molar-refractivity contribution is -0.388. The first-order valence-corrected chi connectivity index (χ1v) is 9.19. The summed E-state index contributed by atoms with van der Waals surface area (Å²) in [4.78, 5) is 11.5. The summed E-state index contributed by atoms with van der Waals surface area (Å²) in [5.41, 5.74) is -0.292. The average Bonchev–Trinajstić information content (AvgIpc) is 2.54. The number of nitro benzene ring substituents is 1. The molecule has 3 rings (SSSR count). The second kappa shape index (κ2) is 6.23. The number of hydrogen-bond donors (Lipinski definition) is 1. The predicted molar refractivity (Wildman–Crippen MR) is 92.5 cm³/mol. The molecule has 0 aliphatic carbocycles. The van der Waals surface area contributed by atoms with Crippen LogP contribution in [0.25, 0.3) is 10.8 Å². The highest BCUT2D eigenvalue weighted by Gasteiger charge is 2.19. The molecule has 0 bridgehead atoms. The van der Waals surface area contributed by atoms with Crippen molar-refractivity contribution in [2.45, 2.75) is 14.7 Å². The minimum absolute atomic E-state index is 0.280. The number of nitro groups is 1. The lowest BCUT2D eigenvalue weighted by Crippen LogP contribution is -2.12. The molecule has 0 atom stereocenters. The summed E-state index contributed by atoms with van der Waals surface area (Å²) >= 11 is 1.20. The van der Waals surface area contributed by atoms with Gasteiger partial charge in [0.1, 0.15) is 0 Å². The van der Waals surface area contributed by atoms with Gasteiger partial charge in [-0.25, -0.2) is 13.6 Å². The molecule has 0 heterocycles. The quantitative estimate of drug-likeness (QED) is 0.566. The fourth-order valence-electron chi connectivity index (χ4n) is 2.26. The molecule has 24 heavy (non-hydrogen) atoms. The zero-order chi connectivity index (χ0) is 17.3. The van der Waals surface area contributed by atoms with E-state index in [0.717, 1.165) is 21.7 Å². The highest BCUT2D eigenvalue weighted by Crippen LogP contribution is 2.37. The minimum atomic E-state index is -3.99. The number of rotatable bonds is 4. The van der Waals surface area contributed by atoms with E-state index in [2.05, 4.69) is 0 Å². The molecule has 0 radical (unpaired) electrons. The maximum absolute atomic E-state index is 11.4. The minimum Gasteiger partial charge on any atom is -0.258 e. The summed E-state index contributed by atoms with van der Waals surface area (Å²) < 4.78 is 22.7. The van der Waals surface area contributed by atoms with Gasteiger partial charge in [-0.3, -0.25) is 10.1 Å². The van der Waals surface area contributed by atoms with Gasteiger partial charge in [-0.05, 0) is 35.0 Å². The molecule has 0 aromatic heterocycles. The average molecular weight is 360 g/mol. The first-order chi connectivity index (χ1) is 11.3. The van der Waals surface area contributed by atoms with E-state index < -0.39 is 14.9 Å². The number of sulfonamides is 1. The van der Waals surface area contributed by atoms with E-state index in [-0.39, 0.29) is 10.6 Å². The number of primary sulfonamides is 1. The summed E-state index contributed by atoms with van der Waals surface area (Å²) in [6.07, 6.45) is 0. The summed E-state index contributed by atoms with van der Waals surface area (Å²) in [5.74, 6) is 0. The normalized spacial score (nSPS) is 11.5. The Morgan fingerprint density at radius 1 is 0.958 bits per heavy atom. The Balaban J connectivity index is 2.03. The molecule has 0 saturated carbocycles. The van der Waals surface area contributed by atoms with E-state index in [1.54, 1.807) is 0 Å². The summed E-state index contributed by atoms with van der Waals surface area (Å²) in [6, 6.07) is 17.2. The van der Waals surface area contributed by atoms with Gasteiger partial charge in [-0.1, -0.05) is 42.1 Å². The maximum atomic E-state index is 11.4. The SMILES string of the molecule is NS(=O)(=O)c1ccc(Sc2ccc3ccccc3c2)c([N+](=O)[O-])c1. The van der Waals surface area contributed by atoms with Gasteiger partial charge in [-0.15, -0.1) is 0 Å². The molecular formula is C16H12N2O4S2. The van der Waals surface area contributed by atoms with E-state index in [1.165, 1.54) is 23.9 Å². The molecule has 0 spiro atoms. The van der Waals surface area contributed by atoms with Gasteiger partial charge in [0.25, 0.3) is 5.69 Å². The van der Waals surface area contributed by atoms with Crippen molar-refractivity contribution in [3.8, 4) is 0 Å². The second-order valence-electron chi connectivity index (χ2n) is 5.04. The molecule has 3 aromatic rings. The van der Waals surface area contributed by atoms with Gasteiger partial charge in [0.05, 0.1) is 14.7 Å². The largest absolute Gasteiger partial charge is 0.284 e. The van der Waals surface area contributed by atoms with Crippen LogP contribution < -0.4 is 5.14 Å². The number of benzene rings is 3. The number of hydrogen-bond acceptors (Lipinski definition) is 5. The van der Waals surface area contributed by atoms with Gasteiger partial charge < -0.3 is 0 Å². The van der Waals surface area contributed by atoms with Gasteiger partial charge in [0, 0.05) is 11.0 Å². The van der Waals surface area contributed by atoms with Crippen LogP contribution in [0.3, 0.4) is 0 Å². The van der Waals surface area contributed by atoms with E-state index in [0.29, 0.717) is 4.90 Å². The molecular weight excluding hydrogens is 348 g/mol. The predicted octanol–water partition coefficient (Wildman–Crippen LogP) is 3.55. The Morgan fingerprint density at radius 2 is 1.67 bits per heavy atom. The molecule has 0 unspecified atom stereocenters. The lowest BCUT2D eigenvalue weighted by Gasteiger charge is -2.06. The number of nitrogens with zero attached hydrogens (tertiary/aromatic N) is 1. The molecule has 8 heteroatoms. The number of fused-ring (bicyclic) bond motifs is 1. The van der Waals surface area contributed by atoms with Crippen molar-refractivity contribution in [1.82, 2.24) is 0 Å². The Morgan fingerprint density at radius 3 is 2.33 bits per heavy atom.